The highest BCUT2D eigenvalue weighted by molar-refractivity contribution is 7.99. The average Bonchev–Trinajstić information content (AvgIpc) is 2.67. The van der Waals surface area contributed by atoms with E-state index in [9.17, 15) is 8.78 Å². The molecule has 5 heteroatoms. The van der Waals surface area contributed by atoms with Gasteiger partial charge in [-0.2, -0.15) is 10.2 Å². The molecule has 0 aliphatic carbocycles. The van der Waals surface area contributed by atoms with Crippen LogP contribution in [0.2, 0.25) is 0 Å². The fraction of sp³-hybridized carbons (Fsp3) is 0.0909. The number of hydrogen-bond donors (Lipinski definition) is 0. The van der Waals surface area contributed by atoms with Crippen LogP contribution in [0.25, 0.3) is 0 Å². The molecule has 3 aromatic rings. The van der Waals surface area contributed by atoms with Gasteiger partial charge in [0.25, 0.3) is 0 Å². The van der Waals surface area contributed by atoms with E-state index in [4.69, 9.17) is 0 Å². The van der Waals surface area contributed by atoms with E-state index in [0.717, 1.165) is 20.9 Å². The average molecular weight is 380 g/mol. The summed E-state index contributed by atoms with van der Waals surface area (Å²) in [7, 11) is 0. The van der Waals surface area contributed by atoms with Crippen molar-refractivity contribution in [3.05, 3.63) is 95.6 Å². The Morgan fingerprint density at radius 2 is 1.37 bits per heavy atom. The van der Waals surface area contributed by atoms with E-state index in [1.165, 1.54) is 36.0 Å². The predicted molar refractivity (Wildman–Crippen MR) is 108 cm³/mol. The molecule has 3 rings (SSSR count). The summed E-state index contributed by atoms with van der Waals surface area (Å²) in [4.78, 5) is 1.79. The normalized spacial score (nSPS) is 12.3. The fourth-order valence-electron chi connectivity index (χ4n) is 2.45. The Kier molecular flexibility index (Phi) is 6.14. The van der Waals surface area contributed by atoms with E-state index < -0.39 is 0 Å². The molecule has 0 aliphatic rings. The first-order valence-electron chi connectivity index (χ1n) is 8.40. The third kappa shape index (κ3) is 5.11. The molecule has 0 saturated carbocycles. The quantitative estimate of drug-likeness (QED) is 0.374. The van der Waals surface area contributed by atoms with E-state index in [1.54, 1.807) is 18.2 Å². The second-order valence-electron chi connectivity index (χ2n) is 5.93. The molecule has 0 bridgehead atoms. The lowest BCUT2D eigenvalue weighted by atomic mass is 10.1. The molecule has 0 heterocycles. The summed E-state index contributed by atoms with van der Waals surface area (Å²) in [5.41, 5.74) is 2.97. The van der Waals surface area contributed by atoms with Gasteiger partial charge >= 0.3 is 0 Å². The lowest BCUT2D eigenvalue weighted by molar-refractivity contribution is 0.624. The highest BCUT2D eigenvalue weighted by atomic mass is 32.2. The molecule has 136 valence electrons. The van der Waals surface area contributed by atoms with Gasteiger partial charge in [-0.15, -0.1) is 0 Å². The Hall–Kier alpha value is -2.79. The van der Waals surface area contributed by atoms with Gasteiger partial charge in [-0.25, -0.2) is 8.78 Å². The maximum absolute atomic E-state index is 13.8. The summed E-state index contributed by atoms with van der Waals surface area (Å²) in [5.74, 6) is -0.587. The van der Waals surface area contributed by atoms with E-state index in [-0.39, 0.29) is 11.6 Å². The molecule has 0 amide bonds. The van der Waals surface area contributed by atoms with Crippen LogP contribution in [0.1, 0.15) is 25.0 Å². The lowest BCUT2D eigenvalue weighted by Crippen LogP contribution is -1.99. The summed E-state index contributed by atoms with van der Waals surface area (Å²) >= 11 is 1.48. The standard InChI is InChI=1S/C22H18F2N2S/c1-15(17-8-10-18(23)11-9-17)25-26-16(2)21-13-12-19(24)14-22(21)27-20-6-4-3-5-7-20/h3-14H,1-2H3/b25-15+,26-16+. The SMILES string of the molecule is C/C(=N\N=C(/C)c1ccc(F)cc1Sc1ccccc1)c1ccc(F)cc1. The van der Waals surface area contributed by atoms with Gasteiger partial charge in [-0.05, 0) is 61.9 Å². The van der Waals surface area contributed by atoms with Crippen molar-refractivity contribution < 1.29 is 8.78 Å². The van der Waals surface area contributed by atoms with Crippen molar-refractivity contribution in [2.45, 2.75) is 23.6 Å². The molecular weight excluding hydrogens is 362 g/mol. The highest BCUT2D eigenvalue weighted by Crippen LogP contribution is 2.31. The van der Waals surface area contributed by atoms with Crippen LogP contribution in [-0.4, -0.2) is 11.4 Å². The number of benzene rings is 3. The minimum atomic E-state index is -0.295. The molecule has 0 aliphatic heterocycles. The van der Waals surface area contributed by atoms with Crippen molar-refractivity contribution in [1.82, 2.24) is 0 Å². The summed E-state index contributed by atoms with van der Waals surface area (Å²) in [5, 5.41) is 8.55. The summed E-state index contributed by atoms with van der Waals surface area (Å²) in [6.45, 7) is 3.65. The van der Waals surface area contributed by atoms with Crippen molar-refractivity contribution in [2.75, 3.05) is 0 Å². The molecule has 0 unspecified atom stereocenters. The van der Waals surface area contributed by atoms with E-state index in [0.29, 0.717) is 11.4 Å². The van der Waals surface area contributed by atoms with Crippen LogP contribution >= 0.6 is 11.8 Å². The smallest absolute Gasteiger partial charge is 0.124 e. The minimum absolute atomic E-state index is 0.292. The molecule has 2 nitrogen and oxygen atoms in total. The van der Waals surface area contributed by atoms with Gasteiger partial charge in [0, 0.05) is 15.4 Å². The van der Waals surface area contributed by atoms with E-state index in [1.807, 2.05) is 44.2 Å². The van der Waals surface area contributed by atoms with Crippen molar-refractivity contribution in [3.8, 4) is 0 Å². The molecule has 0 atom stereocenters. The first kappa shape index (κ1) is 19.0. The summed E-state index contributed by atoms with van der Waals surface area (Å²) in [6, 6.07) is 20.5. The Morgan fingerprint density at radius 3 is 2.07 bits per heavy atom. The number of halogens is 2. The topological polar surface area (TPSA) is 24.7 Å². The number of nitrogens with zero attached hydrogens (tertiary/aromatic N) is 2. The molecule has 0 aromatic heterocycles. The van der Waals surface area contributed by atoms with E-state index in [2.05, 4.69) is 10.2 Å². The van der Waals surface area contributed by atoms with Crippen molar-refractivity contribution in [2.24, 2.45) is 10.2 Å². The zero-order valence-electron chi connectivity index (χ0n) is 15.0. The first-order chi connectivity index (χ1) is 13.0. The van der Waals surface area contributed by atoms with Crippen LogP contribution in [0.15, 0.2) is 92.8 Å². The fourth-order valence-corrected chi connectivity index (χ4v) is 3.49. The minimum Gasteiger partial charge on any atom is -0.207 e. The summed E-state index contributed by atoms with van der Waals surface area (Å²) in [6.07, 6.45) is 0. The zero-order chi connectivity index (χ0) is 19.2. The monoisotopic (exact) mass is 380 g/mol. The van der Waals surface area contributed by atoms with Gasteiger partial charge in [0.15, 0.2) is 0 Å². The maximum atomic E-state index is 13.8. The van der Waals surface area contributed by atoms with Gasteiger partial charge < -0.3 is 0 Å². The van der Waals surface area contributed by atoms with Crippen LogP contribution in [0.4, 0.5) is 8.78 Å². The third-order valence-electron chi connectivity index (χ3n) is 3.92. The molecular formula is C22H18F2N2S. The van der Waals surface area contributed by atoms with E-state index >= 15 is 0 Å². The Bertz CT molecular complexity index is 981. The largest absolute Gasteiger partial charge is 0.207 e. The van der Waals surface area contributed by atoms with Crippen LogP contribution < -0.4 is 0 Å². The first-order valence-corrected chi connectivity index (χ1v) is 9.22. The van der Waals surface area contributed by atoms with Gasteiger partial charge in [-0.3, -0.25) is 0 Å². The maximum Gasteiger partial charge on any atom is 0.124 e. The van der Waals surface area contributed by atoms with Gasteiger partial charge in [-0.1, -0.05) is 42.1 Å². The van der Waals surface area contributed by atoms with Gasteiger partial charge in [0.1, 0.15) is 11.6 Å². The second kappa shape index (κ2) is 8.73. The molecule has 0 spiro atoms. The summed E-state index contributed by atoms with van der Waals surface area (Å²) < 4.78 is 26.8. The molecule has 27 heavy (non-hydrogen) atoms. The van der Waals surface area contributed by atoms with Gasteiger partial charge in [0.05, 0.1) is 11.4 Å². The lowest BCUT2D eigenvalue weighted by Gasteiger charge is -2.09. The number of rotatable bonds is 5. The highest BCUT2D eigenvalue weighted by Gasteiger charge is 2.09. The Labute approximate surface area is 161 Å². The second-order valence-corrected chi connectivity index (χ2v) is 7.05. The van der Waals surface area contributed by atoms with Crippen molar-refractivity contribution in [1.29, 1.82) is 0 Å². The van der Waals surface area contributed by atoms with Crippen LogP contribution in [0.5, 0.6) is 0 Å². The Balaban J connectivity index is 1.89. The van der Waals surface area contributed by atoms with Crippen molar-refractivity contribution in [3.63, 3.8) is 0 Å². The van der Waals surface area contributed by atoms with Crippen molar-refractivity contribution >= 4 is 23.2 Å². The third-order valence-corrected chi connectivity index (χ3v) is 4.98. The molecule has 0 fully saturated rings. The van der Waals surface area contributed by atoms with Gasteiger partial charge in [0.2, 0.25) is 0 Å². The zero-order valence-corrected chi connectivity index (χ0v) is 15.8. The predicted octanol–water partition coefficient (Wildman–Crippen LogP) is 6.35. The molecule has 3 aromatic carbocycles. The van der Waals surface area contributed by atoms with Crippen LogP contribution in [-0.2, 0) is 0 Å². The molecule has 0 saturated heterocycles. The molecule has 0 N–H and O–H groups in total. The number of hydrogen-bond acceptors (Lipinski definition) is 3. The van der Waals surface area contributed by atoms with Crippen LogP contribution in [0, 0.1) is 11.6 Å². The molecule has 0 radical (unpaired) electrons. The van der Waals surface area contributed by atoms with Crippen LogP contribution in [0.3, 0.4) is 0 Å². The Morgan fingerprint density at radius 1 is 0.741 bits per heavy atom.